The van der Waals surface area contributed by atoms with E-state index in [1.807, 2.05) is 45.9 Å². The lowest BCUT2D eigenvalue weighted by Gasteiger charge is -2.18. The maximum Gasteiger partial charge on any atom is 0.289 e. The molecule has 2 aromatic carbocycles. The van der Waals surface area contributed by atoms with E-state index in [2.05, 4.69) is 5.32 Å². The van der Waals surface area contributed by atoms with Gasteiger partial charge in [-0.2, -0.15) is 0 Å². The number of carbonyl (C=O) groups excluding carboxylic acids is 2. The fourth-order valence-corrected chi connectivity index (χ4v) is 3.41. The van der Waals surface area contributed by atoms with Gasteiger partial charge in [0.2, 0.25) is 5.91 Å². The van der Waals surface area contributed by atoms with Gasteiger partial charge in [-0.15, -0.1) is 0 Å². The maximum absolute atomic E-state index is 12.7. The Bertz CT molecular complexity index is 1150. The van der Waals surface area contributed by atoms with Crippen LogP contribution < -0.4 is 10.7 Å². The average molecular weight is 392 g/mol. The van der Waals surface area contributed by atoms with Crippen LogP contribution in [0.4, 0.5) is 5.69 Å². The Morgan fingerprint density at radius 2 is 1.62 bits per heavy atom. The molecule has 0 fully saturated rings. The monoisotopic (exact) mass is 392 g/mol. The summed E-state index contributed by atoms with van der Waals surface area (Å²) in [5.41, 5.74) is 4.76. The number of fused-ring (bicyclic) bond motifs is 1. The molecule has 150 valence electrons. The van der Waals surface area contributed by atoms with Gasteiger partial charge >= 0.3 is 0 Å². The predicted molar refractivity (Wildman–Crippen MR) is 113 cm³/mol. The lowest BCUT2D eigenvalue weighted by molar-refractivity contribution is -0.116. The van der Waals surface area contributed by atoms with Gasteiger partial charge in [-0.25, -0.2) is 0 Å². The minimum absolute atomic E-state index is 0.0932. The molecule has 0 unspecified atom stereocenters. The molecule has 1 heterocycles. The molecule has 0 spiro atoms. The standard InChI is InChI=1S/C23H24N2O4/c1-13-6-7-19-17(10-13)18(26)11-20(29-19)23(28)25(5)12-21(27)24-22-15(3)8-14(2)9-16(22)4/h6-11H,12H2,1-5H3,(H,24,27). The van der Waals surface area contributed by atoms with Crippen molar-refractivity contribution in [2.45, 2.75) is 27.7 Å². The van der Waals surface area contributed by atoms with Crippen LogP contribution in [0.2, 0.25) is 0 Å². The van der Waals surface area contributed by atoms with Gasteiger partial charge in [-0.05, 0) is 51.0 Å². The lowest BCUT2D eigenvalue weighted by Crippen LogP contribution is -2.35. The highest BCUT2D eigenvalue weighted by atomic mass is 16.3. The second-order valence-corrected chi connectivity index (χ2v) is 7.46. The number of amides is 2. The molecule has 29 heavy (non-hydrogen) atoms. The fourth-order valence-electron chi connectivity index (χ4n) is 3.41. The Hall–Kier alpha value is -3.41. The first kappa shape index (κ1) is 20.3. The quantitative estimate of drug-likeness (QED) is 0.734. The second-order valence-electron chi connectivity index (χ2n) is 7.46. The fraction of sp³-hybridized carbons (Fsp3) is 0.261. The zero-order chi connectivity index (χ0) is 21.3. The van der Waals surface area contributed by atoms with Crippen LogP contribution in [-0.2, 0) is 4.79 Å². The van der Waals surface area contributed by atoms with Crippen LogP contribution in [0.15, 0.2) is 45.6 Å². The van der Waals surface area contributed by atoms with Crippen LogP contribution in [0, 0.1) is 27.7 Å². The molecule has 0 bridgehead atoms. The van der Waals surface area contributed by atoms with Gasteiger partial charge in [0.1, 0.15) is 5.58 Å². The van der Waals surface area contributed by atoms with Crippen molar-refractivity contribution in [1.82, 2.24) is 4.90 Å². The van der Waals surface area contributed by atoms with Crippen molar-refractivity contribution in [2.24, 2.45) is 0 Å². The molecule has 6 nitrogen and oxygen atoms in total. The Kier molecular flexibility index (Phi) is 5.55. The van der Waals surface area contributed by atoms with Crippen LogP contribution in [0.1, 0.15) is 32.8 Å². The molecule has 2 amide bonds. The Morgan fingerprint density at radius 1 is 0.966 bits per heavy atom. The van der Waals surface area contributed by atoms with Crippen molar-refractivity contribution in [3.05, 3.63) is 74.6 Å². The third-order valence-electron chi connectivity index (χ3n) is 4.76. The molecule has 0 saturated heterocycles. The predicted octanol–water partition coefficient (Wildman–Crippen LogP) is 3.74. The summed E-state index contributed by atoms with van der Waals surface area (Å²) in [6, 6.07) is 10.3. The van der Waals surface area contributed by atoms with E-state index < -0.39 is 5.91 Å². The summed E-state index contributed by atoms with van der Waals surface area (Å²) in [6.07, 6.45) is 0. The number of carbonyl (C=O) groups is 2. The van der Waals surface area contributed by atoms with E-state index in [9.17, 15) is 14.4 Å². The van der Waals surface area contributed by atoms with Crippen LogP contribution in [0.3, 0.4) is 0 Å². The topological polar surface area (TPSA) is 79.6 Å². The van der Waals surface area contributed by atoms with Crippen molar-refractivity contribution in [2.75, 3.05) is 18.9 Å². The van der Waals surface area contributed by atoms with Gasteiger partial charge in [0, 0.05) is 18.8 Å². The van der Waals surface area contributed by atoms with E-state index in [1.165, 1.54) is 18.0 Å². The molecule has 3 rings (SSSR count). The molecule has 1 N–H and O–H groups in total. The highest BCUT2D eigenvalue weighted by molar-refractivity contribution is 5.99. The van der Waals surface area contributed by atoms with Crippen LogP contribution >= 0.6 is 0 Å². The third-order valence-corrected chi connectivity index (χ3v) is 4.76. The van der Waals surface area contributed by atoms with E-state index in [4.69, 9.17) is 4.42 Å². The van der Waals surface area contributed by atoms with Gasteiger partial charge in [0.05, 0.1) is 11.9 Å². The molecule has 0 aliphatic rings. The van der Waals surface area contributed by atoms with E-state index in [0.717, 1.165) is 27.9 Å². The highest BCUT2D eigenvalue weighted by Crippen LogP contribution is 2.22. The zero-order valence-corrected chi connectivity index (χ0v) is 17.3. The minimum atomic E-state index is -0.530. The highest BCUT2D eigenvalue weighted by Gasteiger charge is 2.19. The first-order valence-electron chi connectivity index (χ1n) is 9.33. The molecule has 3 aromatic rings. The van der Waals surface area contributed by atoms with E-state index in [0.29, 0.717) is 11.0 Å². The number of rotatable bonds is 4. The van der Waals surface area contributed by atoms with Gasteiger partial charge in [0.25, 0.3) is 5.91 Å². The molecule has 0 aliphatic carbocycles. The summed E-state index contributed by atoms with van der Waals surface area (Å²) in [7, 11) is 1.50. The number of aryl methyl sites for hydroxylation is 4. The van der Waals surface area contributed by atoms with Gasteiger partial charge in [-0.3, -0.25) is 14.4 Å². The molecule has 6 heteroatoms. The Balaban J connectivity index is 1.77. The molecular weight excluding hydrogens is 368 g/mol. The van der Waals surface area contributed by atoms with E-state index >= 15 is 0 Å². The number of hydrogen-bond donors (Lipinski definition) is 1. The normalized spacial score (nSPS) is 10.8. The van der Waals surface area contributed by atoms with Crippen LogP contribution in [-0.4, -0.2) is 30.3 Å². The average Bonchev–Trinajstić information content (AvgIpc) is 2.64. The number of nitrogens with zero attached hydrogens (tertiary/aromatic N) is 1. The SMILES string of the molecule is Cc1cc(C)c(NC(=O)CN(C)C(=O)c2cc(=O)c3cc(C)ccc3o2)c(C)c1. The Labute approximate surface area is 169 Å². The largest absolute Gasteiger partial charge is 0.451 e. The summed E-state index contributed by atoms with van der Waals surface area (Å²) in [5.74, 6) is -0.948. The summed E-state index contributed by atoms with van der Waals surface area (Å²) in [5, 5.41) is 3.29. The van der Waals surface area contributed by atoms with Crippen molar-refractivity contribution >= 4 is 28.5 Å². The van der Waals surface area contributed by atoms with Gasteiger partial charge in [-0.1, -0.05) is 29.3 Å². The van der Waals surface area contributed by atoms with Gasteiger partial charge in [0.15, 0.2) is 11.2 Å². The second kappa shape index (κ2) is 7.91. The van der Waals surface area contributed by atoms with Gasteiger partial charge < -0.3 is 14.6 Å². The number of nitrogens with one attached hydrogen (secondary N) is 1. The maximum atomic E-state index is 12.7. The van der Waals surface area contributed by atoms with E-state index in [1.54, 1.807) is 12.1 Å². The molecular formula is C23H24N2O4. The van der Waals surface area contributed by atoms with Crippen LogP contribution in [0.25, 0.3) is 11.0 Å². The van der Waals surface area contributed by atoms with Crippen molar-refractivity contribution < 1.29 is 14.0 Å². The summed E-state index contributed by atoms with van der Waals surface area (Å²) >= 11 is 0. The zero-order valence-electron chi connectivity index (χ0n) is 17.3. The summed E-state index contributed by atoms with van der Waals surface area (Å²) < 4.78 is 5.61. The minimum Gasteiger partial charge on any atom is -0.451 e. The first-order chi connectivity index (χ1) is 13.7. The summed E-state index contributed by atoms with van der Waals surface area (Å²) in [4.78, 5) is 38.7. The molecule has 1 aromatic heterocycles. The number of hydrogen-bond acceptors (Lipinski definition) is 4. The van der Waals surface area contributed by atoms with Crippen molar-refractivity contribution in [3.63, 3.8) is 0 Å². The number of anilines is 1. The molecule has 0 radical (unpaired) electrons. The number of benzene rings is 2. The van der Waals surface area contributed by atoms with E-state index in [-0.39, 0.29) is 23.6 Å². The number of likely N-dealkylation sites (N-methyl/N-ethyl adjacent to an activating group) is 1. The summed E-state index contributed by atoms with van der Waals surface area (Å²) in [6.45, 7) is 7.56. The third kappa shape index (κ3) is 4.37. The van der Waals surface area contributed by atoms with Crippen molar-refractivity contribution in [1.29, 1.82) is 0 Å². The van der Waals surface area contributed by atoms with Crippen LogP contribution in [0.5, 0.6) is 0 Å². The first-order valence-corrected chi connectivity index (χ1v) is 9.33. The van der Waals surface area contributed by atoms with Crippen molar-refractivity contribution in [3.8, 4) is 0 Å². The molecule has 0 aliphatic heterocycles. The Morgan fingerprint density at radius 3 is 2.28 bits per heavy atom. The lowest BCUT2D eigenvalue weighted by atomic mass is 10.1. The molecule has 0 atom stereocenters. The smallest absolute Gasteiger partial charge is 0.289 e. The molecule has 0 saturated carbocycles.